The molecule has 43 heavy (non-hydrogen) atoms. The molecule has 10 rings (SSSR count). The molecule has 13 nitrogen and oxygen atoms in total. The highest BCUT2D eigenvalue weighted by molar-refractivity contribution is 5.92. The van der Waals surface area contributed by atoms with Gasteiger partial charge in [0.15, 0.2) is 12.2 Å². The molecule has 2 spiro atoms. The SMILES string of the molecule is C=C(C)[C@@H]1C2OC(=O)C1[C@]1(O)CC3O[C@]34C(=O)O[C@H]2[C@]14C.CC(C)(O)[C@@H]1C2OC(=O)C1[C@]1(O)C[C@@H]3O[C@]34C(=O)O[C@H]2[C@]14C. The van der Waals surface area contributed by atoms with E-state index in [0.29, 0.717) is 0 Å². The molecule has 4 bridgehead atoms. The average molecular weight is 603 g/mol. The summed E-state index contributed by atoms with van der Waals surface area (Å²) in [7, 11) is 0. The lowest BCUT2D eigenvalue weighted by Crippen LogP contribution is -2.68. The molecule has 6 heterocycles. The smallest absolute Gasteiger partial charge is 0.342 e. The minimum atomic E-state index is -1.47. The molecule has 4 aliphatic carbocycles. The molecule has 0 aromatic rings. The van der Waals surface area contributed by atoms with E-state index >= 15 is 0 Å². The van der Waals surface area contributed by atoms with Gasteiger partial charge >= 0.3 is 23.9 Å². The normalized spacial score (nSPS) is 61.3. The Kier molecular flexibility index (Phi) is 4.24. The highest BCUT2D eigenvalue weighted by Gasteiger charge is 2.97. The van der Waals surface area contributed by atoms with Crippen LogP contribution in [0.15, 0.2) is 12.2 Å². The van der Waals surface area contributed by atoms with Gasteiger partial charge in [-0.05, 0) is 34.6 Å². The van der Waals surface area contributed by atoms with Crippen LogP contribution in [-0.4, -0.2) is 104 Å². The van der Waals surface area contributed by atoms with Crippen LogP contribution >= 0.6 is 0 Å². The van der Waals surface area contributed by atoms with Crippen LogP contribution < -0.4 is 0 Å². The summed E-state index contributed by atoms with van der Waals surface area (Å²) in [5, 5.41) is 33.3. The molecule has 0 aromatic carbocycles. The predicted octanol–water partition coefficient (Wildman–Crippen LogP) is -0.929. The molecule has 6 saturated heterocycles. The van der Waals surface area contributed by atoms with Crippen molar-refractivity contribution in [3.05, 3.63) is 12.2 Å². The molecule has 5 unspecified atom stereocenters. The van der Waals surface area contributed by atoms with Gasteiger partial charge in [-0.2, -0.15) is 0 Å². The number of hydrogen-bond acceptors (Lipinski definition) is 13. The lowest BCUT2D eigenvalue weighted by Gasteiger charge is -2.53. The molecule has 10 aliphatic rings. The molecule has 6 aliphatic heterocycles. The number of hydrogen-bond donors (Lipinski definition) is 3. The fourth-order valence-corrected chi connectivity index (χ4v) is 11.4. The molecule has 4 saturated carbocycles. The van der Waals surface area contributed by atoms with Crippen LogP contribution in [0.2, 0.25) is 0 Å². The molecular formula is C30H34O13. The lowest BCUT2D eigenvalue weighted by atomic mass is 9.52. The number of ether oxygens (including phenoxy) is 6. The Balaban J connectivity index is 0.000000121. The van der Waals surface area contributed by atoms with Crippen LogP contribution in [0.4, 0.5) is 0 Å². The number of carbonyl (C=O) groups excluding carboxylic acids is 4. The number of fused-ring (bicyclic) bond motifs is 8. The zero-order valence-corrected chi connectivity index (χ0v) is 24.3. The topological polar surface area (TPSA) is 191 Å². The molecule has 0 radical (unpaired) electrons. The van der Waals surface area contributed by atoms with Gasteiger partial charge in [0.05, 0.1) is 39.5 Å². The van der Waals surface area contributed by atoms with E-state index < -0.39 is 111 Å². The zero-order chi connectivity index (χ0) is 30.8. The second-order valence-electron chi connectivity index (χ2n) is 15.3. The van der Waals surface area contributed by atoms with Crippen LogP contribution in [0.25, 0.3) is 0 Å². The number of esters is 4. The summed E-state index contributed by atoms with van der Waals surface area (Å²) in [5.74, 6) is -4.37. The van der Waals surface area contributed by atoms with Gasteiger partial charge in [-0.3, -0.25) is 9.59 Å². The van der Waals surface area contributed by atoms with Gasteiger partial charge in [0, 0.05) is 24.7 Å². The maximum absolute atomic E-state index is 12.4. The lowest BCUT2D eigenvalue weighted by molar-refractivity contribution is -0.223. The van der Waals surface area contributed by atoms with Crippen molar-refractivity contribution in [1.29, 1.82) is 0 Å². The van der Waals surface area contributed by atoms with Crippen molar-refractivity contribution in [2.24, 2.45) is 34.5 Å². The summed E-state index contributed by atoms with van der Waals surface area (Å²) in [4.78, 5) is 49.4. The number of aliphatic hydroxyl groups is 3. The fourth-order valence-electron chi connectivity index (χ4n) is 11.4. The molecule has 16 atom stereocenters. The third kappa shape index (κ3) is 2.29. The zero-order valence-electron chi connectivity index (χ0n) is 24.3. The summed E-state index contributed by atoms with van der Waals surface area (Å²) in [6.07, 6.45) is -3.12. The molecule has 13 heteroatoms. The average Bonchev–Trinajstić information content (AvgIpc) is 3.58. The van der Waals surface area contributed by atoms with Crippen molar-refractivity contribution < 1.29 is 62.9 Å². The standard InChI is InChI=1S/C15H18O7.C15H16O6/c1-12(2,18)6-7-10(16)20-8(6)9-13(3)14(7,19)4-5-15(13,22-5)11(17)21-9;1-5(2)7-8-11(16)19-9(7)10-13(3)14(8,18)4-6-15(13,21-6)12(17)20-10/h5-9,18-19H,4H2,1-3H3;6-10,18H,1,4H2,2-3H3/t5-,6-,7?,8?,9+,13+,14+,15-;6?,7-,8?,9?,10+,13+,14+,15-/m00/s1. The Hall–Kier alpha value is -2.58. The van der Waals surface area contributed by atoms with Crippen LogP contribution in [0, 0.1) is 34.5 Å². The first-order chi connectivity index (χ1) is 19.9. The Labute approximate surface area is 245 Å². The third-order valence-corrected chi connectivity index (χ3v) is 13.4. The second-order valence-corrected chi connectivity index (χ2v) is 15.3. The first kappa shape index (κ1) is 26.8. The van der Waals surface area contributed by atoms with E-state index in [1.54, 1.807) is 27.7 Å². The first-order valence-corrected chi connectivity index (χ1v) is 14.9. The fraction of sp³-hybridized carbons (Fsp3) is 0.800. The quantitative estimate of drug-likeness (QED) is 0.152. The van der Waals surface area contributed by atoms with Gasteiger partial charge in [-0.15, -0.1) is 0 Å². The van der Waals surface area contributed by atoms with Crippen LogP contribution in [0.5, 0.6) is 0 Å². The monoisotopic (exact) mass is 602 g/mol. The molecular weight excluding hydrogens is 568 g/mol. The number of epoxide rings is 2. The minimum absolute atomic E-state index is 0.189. The molecule has 232 valence electrons. The Bertz CT molecular complexity index is 1500. The highest BCUT2D eigenvalue weighted by atomic mass is 16.7. The maximum Gasteiger partial charge on any atom is 0.342 e. The summed E-state index contributed by atoms with van der Waals surface area (Å²) in [6.45, 7) is 12.5. The van der Waals surface area contributed by atoms with E-state index in [4.69, 9.17) is 28.4 Å². The van der Waals surface area contributed by atoms with E-state index in [0.717, 1.165) is 5.57 Å². The van der Waals surface area contributed by atoms with Gasteiger partial charge in [0.2, 0.25) is 11.2 Å². The Morgan fingerprint density at radius 2 is 1.23 bits per heavy atom. The second kappa shape index (κ2) is 6.81. The van der Waals surface area contributed by atoms with Gasteiger partial charge in [0.1, 0.15) is 24.4 Å². The molecule has 3 N–H and O–H groups in total. The van der Waals surface area contributed by atoms with Crippen molar-refractivity contribution in [3.63, 3.8) is 0 Å². The number of carbonyl (C=O) groups is 4. The van der Waals surface area contributed by atoms with Gasteiger partial charge in [-0.1, -0.05) is 12.2 Å². The van der Waals surface area contributed by atoms with Gasteiger partial charge in [0.25, 0.3) is 0 Å². The number of rotatable bonds is 2. The van der Waals surface area contributed by atoms with Crippen LogP contribution in [0.3, 0.4) is 0 Å². The summed E-state index contributed by atoms with van der Waals surface area (Å²) < 4.78 is 33.2. The van der Waals surface area contributed by atoms with Crippen molar-refractivity contribution in [2.45, 2.75) is 112 Å². The highest BCUT2D eigenvalue weighted by Crippen LogP contribution is 2.78. The first-order valence-electron chi connectivity index (χ1n) is 14.9. The largest absolute Gasteiger partial charge is 0.458 e. The Morgan fingerprint density at radius 3 is 1.72 bits per heavy atom. The predicted molar refractivity (Wildman–Crippen MR) is 135 cm³/mol. The Morgan fingerprint density at radius 1 is 0.791 bits per heavy atom. The molecule has 10 fully saturated rings. The summed E-state index contributed by atoms with van der Waals surface area (Å²) >= 11 is 0. The van der Waals surface area contributed by atoms with Gasteiger partial charge < -0.3 is 43.7 Å². The van der Waals surface area contributed by atoms with E-state index in [2.05, 4.69) is 6.58 Å². The van der Waals surface area contributed by atoms with E-state index in [1.165, 1.54) is 0 Å². The van der Waals surface area contributed by atoms with Crippen molar-refractivity contribution in [3.8, 4) is 0 Å². The van der Waals surface area contributed by atoms with E-state index in [9.17, 15) is 34.5 Å². The van der Waals surface area contributed by atoms with Crippen LogP contribution in [0.1, 0.15) is 47.5 Å². The summed E-state index contributed by atoms with van der Waals surface area (Å²) in [5.41, 5.74) is -7.49. The van der Waals surface area contributed by atoms with Crippen molar-refractivity contribution >= 4 is 23.9 Å². The maximum atomic E-state index is 12.4. The minimum Gasteiger partial charge on any atom is -0.458 e. The molecule has 0 aromatic heterocycles. The summed E-state index contributed by atoms with van der Waals surface area (Å²) in [6, 6.07) is 0. The van der Waals surface area contributed by atoms with E-state index in [-0.39, 0.29) is 24.9 Å². The van der Waals surface area contributed by atoms with Crippen molar-refractivity contribution in [1.82, 2.24) is 0 Å². The van der Waals surface area contributed by atoms with Crippen LogP contribution in [-0.2, 0) is 47.6 Å². The third-order valence-electron chi connectivity index (χ3n) is 13.4. The van der Waals surface area contributed by atoms with E-state index in [1.807, 2.05) is 6.92 Å². The molecule has 0 amide bonds. The van der Waals surface area contributed by atoms with Crippen molar-refractivity contribution in [2.75, 3.05) is 0 Å². The van der Waals surface area contributed by atoms with Gasteiger partial charge in [-0.25, -0.2) is 9.59 Å².